The molecule has 13 heavy (non-hydrogen) atoms. The first-order valence-corrected chi connectivity index (χ1v) is 4.94. The van der Waals surface area contributed by atoms with Crippen LogP contribution in [0.1, 0.15) is 17.1 Å². The van der Waals surface area contributed by atoms with Crippen molar-refractivity contribution in [3.05, 3.63) is 16.1 Å². The van der Waals surface area contributed by atoms with Crippen molar-refractivity contribution in [2.75, 3.05) is 0 Å². The highest BCUT2D eigenvalue weighted by molar-refractivity contribution is 7.09. The van der Waals surface area contributed by atoms with Crippen LogP contribution in [0.2, 0.25) is 0 Å². The molecule has 0 aliphatic heterocycles. The van der Waals surface area contributed by atoms with Gasteiger partial charge in [-0.3, -0.25) is 11.3 Å². The van der Waals surface area contributed by atoms with Gasteiger partial charge in [-0.25, -0.2) is 4.98 Å². The molecule has 70 valence electrons. The highest BCUT2D eigenvalue weighted by Gasteiger charge is 2.08. The van der Waals surface area contributed by atoms with E-state index in [4.69, 9.17) is 12.3 Å². The van der Waals surface area contributed by atoms with Gasteiger partial charge in [0.25, 0.3) is 0 Å². The molecular formula is C9H13N3S. The number of nitrogens with two attached hydrogens (primary N) is 1. The van der Waals surface area contributed by atoms with Crippen molar-refractivity contribution in [3.63, 3.8) is 0 Å². The fourth-order valence-electron chi connectivity index (χ4n) is 1.04. The fraction of sp³-hybridized carbons (Fsp3) is 0.444. The van der Waals surface area contributed by atoms with Gasteiger partial charge in [-0.2, -0.15) is 0 Å². The number of terminal acetylenes is 1. The lowest BCUT2D eigenvalue weighted by Crippen LogP contribution is -2.36. The van der Waals surface area contributed by atoms with Gasteiger partial charge in [0.15, 0.2) is 0 Å². The quantitative estimate of drug-likeness (QED) is 0.425. The van der Waals surface area contributed by atoms with Crippen LogP contribution in [0.4, 0.5) is 0 Å². The van der Waals surface area contributed by atoms with Crippen LogP contribution in [0.5, 0.6) is 0 Å². The van der Waals surface area contributed by atoms with E-state index in [1.807, 2.05) is 12.3 Å². The van der Waals surface area contributed by atoms with Crippen LogP contribution in [-0.2, 0) is 6.42 Å². The SMILES string of the molecule is C#CCC(Cc1nc(C)cs1)NN. The Balaban J connectivity index is 2.52. The summed E-state index contributed by atoms with van der Waals surface area (Å²) in [5, 5.41) is 3.11. The van der Waals surface area contributed by atoms with Gasteiger partial charge in [-0.15, -0.1) is 23.7 Å². The Bertz CT molecular complexity index is 300. The molecule has 0 spiro atoms. The second-order valence-electron chi connectivity index (χ2n) is 2.86. The predicted molar refractivity (Wildman–Crippen MR) is 55.1 cm³/mol. The minimum Gasteiger partial charge on any atom is -0.271 e. The van der Waals surface area contributed by atoms with E-state index in [1.165, 1.54) is 0 Å². The lowest BCUT2D eigenvalue weighted by atomic mass is 10.1. The maximum Gasteiger partial charge on any atom is 0.0944 e. The van der Waals surface area contributed by atoms with Gasteiger partial charge in [-0.1, -0.05) is 0 Å². The Morgan fingerprint density at radius 2 is 2.62 bits per heavy atom. The first-order valence-electron chi connectivity index (χ1n) is 4.07. The highest BCUT2D eigenvalue weighted by Crippen LogP contribution is 2.11. The molecule has 1 aromatic heterocycles. The van der Waals surface area contributed by atoms with Crippen molar-refractivity contribution in [1.29, 1.82) is 0 Å². The number of hydrazine groups is 1. The number of nitrogens with zero attached hydrogens (tertiary/aromatic N) is 1. The molecule has 1 unspecified atom stereocenters. The van der Waals surface area contributed by atoms with Crippen molar-refractivity contribution in [2.45, 2.75) is 25.8 Å². The van der Waals surface area contributed by atoms with Crippen molar-refractivity contribution in [2.24, 2.45) is 5.84 Å². The van der Waals surface area contributed by atoms with E-state index < -0.39 is 0 Å². The average molecular weight is 195 g/mol. The molecule has 3 nitrogen and oxygen atoms in total. The molecule has 3 N–H and O–H groups in total. The third-order valence-corrected chi connectivity index (χ3v) is 2.68. The molecule has 0 saturated heterocycles. The van der Waals surface area contributed by atoms with E-state index in [2.05, 4.69) is 16.3 Å². The van der Waals surface area contributed by atoms with Gasteiger partial charge in [0, 0.05) is 30.0 Å². The Labute approximate surface area is 82.3 Å². The Morgan fingerprint density at radius 3 is 3.08 bits per heavy atom. The molecule has 1 aromatic rings. The number of rotatable bonds is 4. The standard InChI is InChI=1S/C9H13N3S/c1-3-4-8(12-10)5-9-11-7(2)6-13-9/h1,6,8,12H,4-5,10H2,2H3. The number of hydrogen-bond acceptors (Lipinski definition) is 4. The Hall–Kier alpha value is -0.890. The van der Waals surface area contributed by atoms with Crippen molar-refractivity contribution in [1.82, 2.24) is 10.4 Å². The summed E-state index contributed by atoms with van der Waals surface area (Å²) in [5.74, 6) is 7.92. The normalized spacial score (nSPS) is 12.4. The second-order valence-corrected chi connectivity index (χ2v) is 3.80. The minimum absolute atomic E-state index is 0.135. The van der Waals surface area contributed by atoms with Gasteiger partial charge in [0.2, 0.25) is 0 Å². The number of aryl methyl sites for hydroxylation is 1. The van der Waals surface area contributed by atoms with Crippen molar-refractivity contribution < 1.29 is 0 Å². The van der Waals surface area contributed by atoms with E-state index in [0.717, 1.165) is 17.1 Å². The lowest BCUT2D eigenvalue weighted by molar-refractivity contribution is 0.535. The molecule has 0 bridgehead atoms. The van der Waals surface area contributed by atoms with Gasteiger partial charge in [0.1, 0.15) is 0 Å². The molecule has 4 heteroatoms. The van der Waals surface area contributed by atoms with Gasteiger partial charge in [-0.05, 0) is 6.92 Å². The largest absolute Gasteiger partial charge is 0.271 e. The summed E-state index contributed by atoms with van der Waals surface area (Å²) >= 11 is 1.64. The zero-order valence-corrected chi connectivity index (χ0v) is 8.40. The maximum atomic E-state index is 5.34. The zero-order valence-electron chi connectivity index (χ0n) is 7.58. The molecule has 1 atom stereocenters. The number of hydrogen-bond donors (Lipinski definition) is 2. The summed E-state index contributed by atoms with van der Waals surface area (Å²) in [6, 6.07) is 0.135. The molecule has 1 heterocycles. The summed E-state index contributed by atoms with van der Waals surface area (Å²) < 4.78 is 0. The summed E-state index contributed by atoms with van der Waals surface area (Å²) in [6.07, 6.45) is 6.64. The van der Waals surface area contributed by atoms with Crippen LogP contribution in [0.3, 0.4) is 0 Å². The predicted octanol–water partition coefficient (Wildman–Crippen LogP) is 0.849. The van der Waals surface area contributed by atoms with Crippen LogP contribution in [0.25, 0.3) is 0 Å². The molecule has 0 aromatic carbocycles. The number of aromatic nitrogens is 1. The number of thiazole rings is 1. The molecule has 0 aliphatic rings. The van der Waals surface area contributed by atoms with Crippen LogP contribution >= 0.6 is 11.3 Å². The smallest absolute Gasteiger partial charge is 0.0944 e. The third kappa shape index (κ3) is 3.15. The van der Waals surface area contributed by atoms with E-state index >= 15 is 0 Å². The first kappa shape index (κ1) is 10.2. The van der Waals surface area contributed by atoms with Gasteiger partial charge in [0.05, 0.1) is 5.01 Å². The van der Waals surface area contributed by atoms with Crippen molar-refractivity contribution in [3.8, 4) is 12.3 Å². The summed E-state index contributed by atoms with van der Waals surface area (Å²) in [5.41, 5.74) is 3.74. The minimum atomic E-state index is 0.135. The molecular weight excluding hydrogens is 182 g/mol. The Morgan fingerprint density at radius 1 is 1.85 bits per heavy atom. The first-order chi connectivity index (χ1) is 6.26. The van der Waals surface area contributed by atoms with Gasteiger partial charge >= 0.3 is 0 Å². The fourth-order valence-corrected chi connectivity index (χ4v) is 1.89. The topological polar surface area (TPSA) is 50.9 Å². The molecule has 0 amide bonds. The van der Waals surface area contributed by atoms with Crippen LogP contribution in [0, 0.1) is 19.3 Å². The highest BCUT2D eigenvalue weighted by atomic mass is 32.1. The van der Waals surface area contributed by atoms with Crippen LogP contribution in [-0.4, -0.2) is 11.0 Å². The van der Waals surface area contributed by atoms with E-state index in [1.54, 1.807) is 11.3 Å². The Kier molecular flexibility index (Phi) is 3.90. The van der Waals surface area contributed by atoms with Crippen LogP contribution < -0.4 is 11.3 Å². The lowest BCUT2D eigenvalue weighted by Gasteiger charge is -2.09. The summed E-state index contributed by atoms with van der Waals surface area (Å²) in [7, 11) is 0. The number of nitrogens with one attached hydrogen (secondary N) is 1. The second kappa shape index (κ2) is 4.97. The van der Waals surface area contributed by atoms with Gasteiger partial charge < -0.3 is 0 Å². The van der Waals surface area contributed by atoms with Crippen molar-refractivity contribution >= 4 is 11.3 Å². The summed E-state index contributed by atoms with van der Waals surface area (Å²) in [6.45, 7) is 1.98. The zero-order chi connectivity index (χ0) is 9.68. The van der Waals surface area contributed by atoms with E-state index in [9.17, 15) is 0 Å². The molecule has 0 saturated carbocycles. The van der Waals surface area contributed by atoms with Crippen LogP contribution in [0.15, 0.2) is 5.38 Å². The maximum absolute atomic E-state index is 5.34. The summed E-state index contributed by atoms with van der Waals surface area (Å²) in [4.78, 5) is 4.34. The molecule has 0 aliphatic carbocycles. The monoisotopic (exact) mass is 195 g/mol. The third-order valence-electron chi connectivity index (χ3n) is 1.69. The van der Waals surface area contributed by atoms with E-state index in [0.29, 0.717) is 6.42 Å². The average Bonchev–Trinajstić information content (AvgIpc) is 2.50. The molecule has 1 rings (SSSR count). The van der Waals surface area contributed by atoms with E-state index in [-0.39, 0.29) is 6.04 Å². The molecule has 0 radical (unpaired) electrons. The molecule has 0 fully saturated rings.